The van der Waals surface area contributed by atoms with Crippen molar-refractivity contribution in [1.82, 2.24) is 9.29 Å². The lowest BCUT2D eigenvalue weighted by molar-refractivity contribution is 0.0730. The van der Waals surface area contributed by atoms with Crippen molar-refractivity contribution in [2.45, 2.75) is 4.90 Å². The minimum absolute atomic E-state index is 0.147. The molecule has 0 aliphatic carbocycles. The van der Waals surface area contributed by atoms with Crippen molar-refractivity contribution in [1.29, 1.82) is 0 Å². The van der Waals surface area contributed by atoms with Crippen LogP contribution >= 0.6 is 0 Å². The van der Waals surface area contributed by atoms with Gasteiger partial charge in [-0.3, -0.25) is 0 Å². The van der Waals surface area contributed by atoms with Gasteiger partial charge in [-0.1, -0.05) is 18.2 Å². The molecule has 0 bridgehead atoms. The van der Waals surface area contributed by atoms with Gasteiger partial charge in [0.25, 0.3) is 0 Å². The standard InChI is InChI=1S/C21H21N3O4S/c25-29(26,24-12-14-27-15-13-24)20-10-11-21(22-16-20)28-19-8-6-18(7-9-19)23-17-4-2-1-3-5-17/h1-11,16,23H,12-15H2. The molecule has 1 aliphatic rings. The lowest BCUT2D eigenvalue weighted by Gasteiger charge is -2.25. The molecule has 0 radical (unpaired) electrons. The quantitative estimate of drug-likeness (QED) is 0.667. The molecule has 1 N–H and O–H groups in total. The number of sulfonamides is 1. The summed E-state index contributed by atoms with van der Waals surface area (Å²) in [5.41, 5.74) is 1.93. The number of para-hydroxylation sites is 1. The maximum atomic E-state index is 12.6. The molecule has 1 fully saturated rings. The third-order valence-electron chi connectivity index (χ3n) is 4.46. The van der Waals surface area contributed by atoms with Crippen molar-refractivity contribution in [3.63, 3.8) is 0 Å². The molecule has 3 aromatic rings. The van der Waals surface area contributed by atoms with Crippen LogP contribution in [-0.2, 0) is 14.8 Å². The molecule has 2 aromatic carbocycles. The molecule has 7 nitrogen and oxygen atoms in total. The van der Waals surface area contributed by atoms with Crippen LogP contribution in [0.2, 0.25) is 0 Å². The van der Waals surface area contributed by atoms with Crippen LogP contribution in [0.3, 0.4) is 0 Å². The summed E-state index contributed by atoms with van der Waals surface area (Å²) in [5.74, 6) is 0.939. The number of benzene rings is 2. The van der Waals surface area contributed by atoms with Gasteiger partial charge in [0.2, 0.25) is 15.9 Å². The van der Waals surface area contributed by atoms with Gasteiger partial charge in [0.05, 0.1) is 19.4 Å². The molecule has 4 rings (SSSR count). The number of hydrogen-bond donors (Lipinski definition) is 1. The van der Waals surface area contributed by atoms with Crippen molar-refractivity contribution in [2.24, 2.45) is 0 Å². The minimum atomic E-state index is -3.56. The summed E-state index contributed by atoms with van der Waals surface area (Å²) < 4.78 is 37.6. The summed E-state index contributed by atoms with van der Waals surface area (Å²) >= 11 is 0. The van der Waals surface area contributed by atoms with E-state index >= 15 is 0 Å². The maximum absolute atomic E-state index is 12.6. The molecule has 1 saturated heterocycles. The van der Waals surface area contributed by atoms with E-state index in [1.165, 1.54) is 16.6 Å². The van der Waals surface area contributed by atoms with E-state index in [1.807, 2.05) is 54.6 Å². The number of aromatic nitrogens is 1. The number of nitrogens with one attached hydrogen (secondary N) is 1. The Hall–Kier alpha value is -2.94. The zero-order valence-corrected chi connectivity index (χ0v) is 16.5. The number of pyridine rings is 1. The largest absolute Gasteiger partial charge is 0.439 e. The van der Waals surface area contributed by atoms with Crippen molar-refractivity contribution < 1.29 is 17.9 Å². The average molecular weight is 411 g/mol. The number of anilines is 2. The molecular weight excluding hydrogens is 390 g/mol. The van der Waals surface area contributed by atoms with E-state index in [2.05, 4.69) is 10.3 Å². The number of nitrogens with zero attached hydrogens (tertiary/aromatic N) is 2. The smallest absolute Gasteiger partial charge is 0.244 e. The average Bonchev–Trinajstić information content (AvgIpc) is 2.77. The number of morpholine rings is 1. The first-order valence-corrected chi connectivity index (χ1v) is 10.7. The molecule has 0 amide bonds. The predicted molar refractivity (Wildman–Crippen MR) is 110 cm³/mol. The highest BCUT2D eigenvalue weighted by Gasteiger charge is 2.26. The number of hydrogen-bond acceptors (Lipinski definition) is 6. The van der Waals surface area contributed by atoms with Gasteiger partial charge in [-0.05, 0) is 42.5 Å². The van der Waals surface area contributed by atoms with Gasteiger partial charge in [-0.2, -0.15) is 4.31 Å². The third kappa shape index (κ3) is 4.73. The van der Waals surface area contributed by atoms with Crippen molar-refractivity contribution in [3.8, 4) is 11.6 Å². The highest BCUT2D eigenvalue weighted by Crippen LogP contribution is 2.25. The highest BCUT2D eigenvalue weighted by atomic mass is 32.2. The van der Waals surface area contributed by atoms with Gasteiger partial charge >= 0.3 is 0 Å². The van der Waals surface area contributed by atoms with E-state index in [0.717, 1.165) is 11.4 Å². The van der Waals surface area contributed by atoms with Gasteiger partial charge in [0.15, 0.2) is 0 Å². The number of ether oxygens (including phenoxy) is 2. The molecule has 29 heavy (non-hydrogen) atoms. The summed E-state index contributed by atoms with van der Waals surface area (Å²) in [6.07, 6.45) is 1.32. The zero-order chi connectivity index (χ0) is 20.1. The second-order valence-electron chi connectivity index (χ2n) is 6.47. The van der Waals surface area contributed by atoms with Gasteiger partial charge in [-0.25, -0.2) is 13.4 Å². The summed E-state index contributed by atoms with van der Waals surface area (Å²) in [5, 5.41) is 3.30. The third-order valence-corrected chi connectivity index (χ3v) is 6.34. The zero-order valence-electron chi connectivity index (χ0n) is 15.7. The Morgan fingerprint density at radius 1 is 0.897 bits per heavy atom. The number of rotatable bonds is 6. The predicted octanol–water partition coefficient (Wildman–Crippen LogP) is 3.64. The van der Waals surface area contributed by atoms with Gasteiger partial charge < -0.3 is 14.8 Å². The lowest BCUT2D eigenvalue weighted by Crippen LogP contribution is -2.40. The van der Waals surface area contributed by atoms with Crippen LogP contribution in [-0.4, -0.2) is 44.0 Å². The first kappa shape index (κ1) is 19.4. The van der Waals surface area contributed by atoms with Crippen LogP contribution < -0.4 is 10.1 Å². The lowest BCUT2D eigenvalue weighted by atomic mass is 10.2. The summed E-state index contributed by atoms with van der Waals surface area (Å²) in [4.78, 5) is 4.30. The van der Waals surface area contributed by atoms with Crippen LogP contribution in [0.15, 0.2) is 77.8 Å². The van der Waals surface area contributed by atoms with Crippen LogP contribution in [0.5, 0.6) is 11.6 Å². The molecule has 8 heteroatoms. The Labute approximate surface area is 170 Å². The van der Waals surface area contributed by atoms with E-state index in [9.17, 15) is 8.42 Å². The fourth-order valence-corrected chi connectivity index (χ4v) is 4.28. The normalized spacial score (nSPS) is 15.0. The Kier molecular flexibility index (Phi) is 5.75. The van der Waals surface area contributed by atoms with E-state index < -0.39 is 10.0 Å². The molecule has 1 aromatic heterocycles. The Balaban J connectivity index is 1.41. The molecule has 2 heterocycles. The van der Waals surface area contributed by atoms with Gasteiger partial charge in [-0.15, -0.1) is 0 Å². The second-order valence-corrected chi connectivity index (χ2v) is 8.40. The fourth-order valence-electron chi connectivity index (χ4n) is 2.93. The van der Waals surface area contributed by atoms with E-state index in [-0.39, 0.29) is 4.90 Å². The van der Waals surface area contributed by atoms with Gasteiger partial charge in [0, 0.05) is 30.5 Å². The van der Waals surface area contributed by atoms with Crippen LogP contribution in [0.25, 0.3) is 0 Å². The Bertz CT molecular complexity index is 1030. The maximum Gasteiger partial charge on any atom is 0.244 e. The van der Waals surface area contributed by atoms with Crippen LogP contribution in [0.4, 0.5) is 11.4 Å². The first-order valence-electron chi connectivity index (χ1n) is 9.25. The summed E-state index contributed by atoms with van der Waals surface area (Å²) in [6, 6.07) is 20.4. The topological polar surface area (TPSA) is 80.8 Å². The fraction of sp³-hybridized carbons (Fsp3) is 0.190. The Morgan fingerprint density at radius 2 is 1.59 bits per heavy atom. The monoisotopic (exact) mass is 411 g/mol. The van der Waals surface area contributed by atoms with Gasteiger partial charge in [0.1, 0.15) is 10.6 Å². The van der Waals surface area contributed by atoms with Crippen LogP contribution in [0.1, 0.15) is 0 Å². The second kappa shape index (κ2) is 8.60. The van der Waals surface area contributed by atoms with Crippen molar-refractivity contribution in [2.75, 3.05) is 31.6 Å². The van der Waals surface area contributed by atoms with Crippen LogP contribution in [0, 0.1) is 0 Å². The van der Waals surface area contributed by atoms with E-state index in [4.69, 9.17) is 9.47 Å². The first-order chi connectivity index (χ1) is 14.1. The molecule has 0 spiro atoms. The minimum Gasteiger partial charge on any atom is -0.439 e. The molecule has 150 valence electrons. The highest BCUT2D eigenvalue weighted by molar-refractivity contribution is 7.89. The Morgan fingerprint density at radius 3 is 2.24 bits per heavy atom. The van der Waals surface area contributed by atoms with Crippen molar-refractivity contribution >= 4 is 21.4 Å². The molecule has 1 aliphatic heterocycles. The van der Waals surface area contributed by atoms with E-state index in [0.29, 0.717) is 37.9 Å². The summed E-state index contributed by atoms with van der Waals surface area (Å²) in [6.45, 7) is 1.51. The summed E-state index contributed by atoms with van der Waals surface area (Å²) in [7, 11) is -3.56. The van der Waals surface area contributed by atoms with Crippen molar-refractivity contribution in [3.05, 3.63) is 72.9 Å². The molecule has 0 saturated carbocycles. The SMILES string of the molecule is O=S(=O)(c1ccc(Oc2ccc(Nc3ccccc3)cc2)nc1)N1CCOCC1. The molecule has 0 atom stereocenters. The molecular formula is C21H21N3O4S. The van der Waals surface area contributed by atoms with E-state index in [1.54, 1.807) is 6.07 Å². The molecule has 0 unspecified atom stereocenters.